The smallest absolute Gasteiger partial charge is 0.120 e. The van der Waals surface area contributed by atoms with Gasteiger partial charge in [0, 0.05) is 11.8 Å². The summed E-state index contributed by atoms with van der Waals surface area (Å²) < 4.78 is 0. The van der Waals surface area contributed by atoms with Gasteiger partial charge in [0.05, 0.1) is 0 Å². The van der Waals surface area contributed by atoms with E-state index >= 15 is 0 Å². The third kappa shape index (κ3) is 1.35. The van der Waals surface area contributed by atoms with Crippen LogP contribution in [0, 0.1) is 5.41 Å². The molecule has 0 saturated carbocycles. The van der Waals surface area contributed by atoms with E-state index in [1.165, 1.54) is 0 Å². The van der Waals surface area contributed by atoms with Crippen LogP contribution in [0.25, 0.3) is 0 Å². The molecular formula is C8H9NO. The van der Waals surface area contributed by atoms with E-state index in [1.807, 2.05) is 12.2 Å². The van der Waals surface area contributed by atoms with Gasteiger partial charge in [0.25, 0.3) is 0 Å². The van der Waals surface area contributed by atoms with Crippen molar-refractivity contribution >= 4 is 6.21 Å². The van der Waals surface area contributed by atoms with Crippen molar-refractivity contribution in [2.45, 2.75) is 6.42 Å². The summed E-state index contributed by atoms with van der Waals surface area (Å²) in [5, 5.41) is 16.0. The first kappa shape index (κ1) is 6.81. The van der Waals surface area contributed by atoms with Crippen molar-refractivity contribution in [1.29, 1.82) is 5.41 Å². The van der Waals surface area contributed by atoms with Crippen molar-refractivity contribution in [3.8, 4) is 0 Å². The average Bonchev–Trinajstić information content (AvgIpc) is 2.13. The molecule has 2 heteroatoms. The number of rotatable bonds is 1. The lowest BCUT2D eigenvalue weighted by molar-refractivity contribution is 0.427. The molecule has 0 bridgehead atoms. The summed E-state index contributed by atoms with van der Waals surface area (Å²) in [6.45, 7) is 0. The van der Waals surface area contributed by atoms with Crippen LogP contribution in [0.1, 0.15) is 6.42 Å². The van der Waals surface area contributed by atoms with Gasteiger partial charge in [0.2, 0.25) is 0 Å². The largest absolute Gasteiger partial charge is 0.508 e. The highest BCUT2D eigenvalue weighted by molar-refractivity contribution is 5.81. The SMILES string of the molecule is N=CC1=CC=CCC=C1O. The molecule has 10 heavy (non-hydrogen) atoms. The number of aliphatic hydroxyl groups excluding tert-OH is 1. The van der Waals surface area contributed by atoms with E-state index in [1.54, 1.807) is 12.2 Å². The number of hydrogen-bond acceptors (Lipinski definition) is 2. The Balaban J connectivity index is 2.92. The maximum absolute atomic E-state index is 9.15. The van der Waals surface area contributed by atoms with Crippen molar-refractivity contribution in [2.24, 2.45) is 0 Å². The van der Waals surface area contributed by atoms with E-state index in [0.29, 0.717) is 5.57 Å². The predicted octanol–water partition coefficient (Wildman–Crippen LogP) is 1.96. The first-order chi connectivity index (χ1) is 4.84. The maximum atomic E-state index is 9.15. The van der Waals surface area contributed by atoms with E-state index in [2.05, 4.69) is 0 Å². The molecule has 0 fully saturated rings. The number of allylic oxidation sites excluding steroid dienone is 5. The molecule has 2 nitrogen and oxygen atoms in total. The molecule has 52 valence electrons. The zero-order chi connectivity index (χ0) is 7.40. The Bertz CT molecular complexity index is 223. The minimum atomic E-state index is 0.194. The van der Waals surface area contributed by atoms with Crippen molar-refractivity contribution in [3.63, 3.8) is 0 Å². The lowest BCUT2D eigenvalue weighted by Gasteiger charge is -1.94. The van der Waals surface area contributed by atoms with Crippen LogP contribution in [0.5, 0.6) is 0 Å². The molecule has 1 aliphatic carbocycles. The fourth-order valence-corrected chi connectivity index (χ4v) is 0.755. The second kappa shape index (κ2) is 3.01. The zero-order valence-corrected chi connectivity index (χ0v) is 5.54. The van der Waals surface area contributed by atoms with Gasteiger partial charge in [-0.2, -0.15) is 0 Å². The van der Waals surface area contributed by atoms with Crippen molar-refractivity contribution in [1.82, 2.24) is 0 Å². The van der Waals surface area contributed by atoms with Crippen LogP contribution in [0.15, 0.2) is 35.6 Å². The van der Waals surface area contributed by atoms with E-state index in [4.69, 9.17) is 10.5 Å². The molecule has 0 amide bonds. The normalized spacial score (nSPS) is 17.2. The molecule has 0 aromatic rings. The maximum Gasteiger partial charge on any atom is 0.120 e. The molecule has 2 N–H and O–H groups in total. The van der Waals surface area contributed by atoms with Gasteiger partial charge < -0.3 is 10.5 Å². The molecule has 0 spiro atoms. The Labute approximate surface area is 59.7 Å². The fraction of sp³-hybridized carbons (Fsp3) is 0.125. The summed E-state index contributed by atoms with van der Waals surface area (Å²) in [6, 6.07) is 0. The molecular weight excluding hydrogens is 126 g/mol. The van der Waals surface area contributed by atoms with E-state index in [9.17, 15) is 0 Å². The minimum Gasteiger partial charge on any atom is -0.508 e. The van der Waals surface area contributed by atoms with E-state index in [0.717, 1.165) is 12.6 Å². The summed E-state index contributed by atoms with van der Waals surface area (Å²) in [5.41, 5.74) is 0.564. The summed E-state index contributed by atoms with van der Waals surface area (Å²) in [4.78, 5) is 0. The topological polar surface area (TPSA) is 44.1 Å². The summed E-state index contributed by atoms with van der Waals surface area (Å²) in [7, 11) is 0. The third-order valence-corrected chi connectivity index (χ3v) is 1.31. The van der Waals surface area contributed by atoms with Gasteiger partial charge in [0.1, 0.15) is 5.76 Å². The van der Waals surface area contributed by atoms with Crippen LogP contribution in [-0.2, 0) is 0 Å². The number of aliphatic hydroxyl groups is 1. The highest BCUT2D eigenvalue weighted by atomic mass is 16.3. The Morgan fingerprint density at radius 2 is 2.40 bits per heavy atom. The van der Waals surface area contributed by atoms with Gasteiger partial charge in [-0.05, 0) is 12.5 Å². The molecule has 0 saturated heterocycles. The third-order valence-electron chi connectivity index (χ3n) is 1.31. The Morgan fingerprint density at radius 3 is 3.10 bits per heavy atom. The molecule has 0 aliphatic heterocycles. The molecule has 0 radical (unpaired) electrons. The van der Waals surface area contributed by atoms with Crippen molar-refractivity contribution in [3.05, 3.63) is 35.6 Å². The van der Waals surface area contributed by atoms with Gasteiger partial charge in [-0.25, -0.2) is 0 Å². The first-order valence-corrected chi connectivity index (χ1v) is 3.11. The van der Waals surface area contributed by atoms with Crippen LogP contribution in [0.2, 0.25) is 0 Å². The molecule has 1 aliphatic rings. The minimum absolute atomic E-state index is 0.194. The van der Waals surface area contributed by atoms with Crippen LogP contribution in [-0.4, -0.2) is 11.3 Å². The second-order valence-electron chi connectivity index (χ2n) is 2.02. The van der Waals surface area contributed by atoms with Gasteiger partial charge in [-0.15, -0.1) is 0 Å². The summed E-state index contributed by atoms with van der Waals surface area (Å²) in [6.07, 6.45) is 9.03. The Kier molecular flexibility index (Phi) is 2.05. The van der Waals surface area contributed by atoms with E-state index < -0.39 is 0 Å². The highest BCUT2D eigenvalue weighted by Crippen LogP contribution is 2.08. The molecule has 0 heterocycles. The fourth-order valence-electron chi connectivity index (χ4n) is 0.755. The van der Waals surface area contributed by atoms with Crippen LogP contribution < -0.4 is 0 Å². The Morgan fingerprint density at radius 1 is 1.60 bits per heavy atom. The molecule has 0 aromatic carbocycles. The first-order valence-electron chi connectivity index (χ1n) is 3.11. The molecule has 0 aromatic heterocycles. The van der Waals surface area contributed by atoms with Crippen LogP contribution in [0.3, 0.4) is 0 Å². The molecule has 0 unspecified atom stereocenters. The van der Waals surface area contributed by atoms with Gasteiger partial charge >= 0.3 is 0 Å². The van der Waals surface area contributed by atoms with Crippen molar-refractivity contribution < 1.29 is 5.11 Å². The Hall–Kier alpha value is -1.31. The van der Waals surface area contributed by atoms with Gasteiger partial charge in [-0.1, -0.05) is 18.2 Å². The van der Waals surface area contributed by atoms with Gasteiger partial charge in [-0.3, -0.25) is 0 Å². The predicted molar refractivity (Wildman–Crippen MR) is 41.3 cm³/mol. The molecule has 0 atom stereocenters. The number of nitrogens with one attached hydrogen (secondary N) is 1. The summed E-state index contributed by atoms with van der Waals surface area (Å²) in [5.74, 6) is 0.194. The molecule has 1 rings (SSSR count). The standard InChI is InChI=1S/C8H9NO/c9-6-7-4-2-1-3-5-8(7)10/h1-2,4-6,9-10H,3H2. The average molecular weight is 135 g/mol. The van der Waals surface area contributed by atoms with Crippen LogP contribution >= 0.6 is 0 Å². The van der Waals surface area contributed by atoms with Crippen molar-refractivity contribution in [2.75, 3.05) is 0 Å². The monoisotopic (exact) mass is 135 g/mol. The quantitative estimate of drug-likeness (QED) is 0.530. The lowest BCUT2D eigenvalue weighted by atomic mass is 10.2. The van der Waals surface area contributed by atoms with E-state index in [-0.39, 0.29) is 5.76 Å². The number of hydrogen-bond donors (Lipinski definition) is 2. The summed E-state index contributed by atoms with van der Waals surface area (Å²) >= 11 is 0. The van der Waals surface area contributed by atoms with Gasteiger partial charge in [0.15, 0.2) is 0 Å². The second-order valence-corrected chi connectivity index (χ2v) is 2.02. The van der Waals surface area contributed by atoms with Crippen LogP contribution in [0.4, 0.5) is 0 Å². The highest BCUT2D eigenvalue weighted by Gasteiger charge is 1.98. The zero-order valence-electron chi connectivity index (χ0n) is 5.54. The lowest BCUT2D eigenvalue weighted by Crippen LogP contribution is -1.87.